The van der Waals surface area contributed by atoms with Crippen molar-refractivity contribution in [1.29, 1.82) is 0 Å². The van der Waals surface area contributed by atoms with E-state index in [9.17, 15) is 0 Å². The Morgan fingerprint density at radius 1 is 0.933 bits per heavy atom. The van der Waals surface area contributed by atoms with Crippen molar-refractivity contribution in [3.05, 3.63) is 59.2 Å². The van der Waals surface area contributed by atoms with Crippen LogP contribution in [0.3, 0.4) is 0 Å². The molecule has 0 N–H and O–H groups in total. The second-order valence-corrected chi connectivity index (χ2v) is 3.81. The van der Waals surface area contributed by atoms with Crippen LogP contribution in [0.4, 0.5) is 0 Å². The lowest BCUT2D eigenvalue weighted by Gasteiger charge is -2.01. The second kappa shape index (κ2) is 4.22. The summed E-state index contributed by atoms with van der Waals surface area (Å²) >= 11 is 0. The fourth-order valence-corrected chi connectivity index (χ4v) is 1.42. The molecular formula is C13H14N2. The van der Waals surface area contributed by atoms with Crippen LogP contribution in [0, 0.1) is 13.8 Å². The van der Waals surface area contributed by atoms with Crippen LogP contribution < -0.4 is 0 Å². The highest BCUT2D eigenvalue weighted by atomic mass is 14.7. The van der Waals surface area contributed by atoms with Crippen LogP contribution in [-0.4, -0.2) is 9.97 Å². The number of hydrogen-bond donors (Lipinski definition) is 0. The Hall–Kier alpha value is -1.70. The minimum atomic E-state index is 0.855. The summed E-state index contributed by atoms with van der Waals surface area (Å²) in [5, 5.41) is 0. The smallest absolute Gasteiger partial charge is 0.0448 e. The maximum Gasteiger partial charge on any atom is 0.0448 e. The van der Waals surface area contributed by atoms with E-state index in [0.717, 1.165) is 17.8 Å². The van der Waals surface area contributed by atoms with E-state index < -0.39 is 0 Å². The van der Waals surface area contributed by atoms with E-state index in [4.69, 9.17) is 0 Å². The third-order valence-electron chi connectivity index (χ3n) is 2.33. The molecule has 2 aromatic heterocycles. The third-order valence-corrected chi connectivity index (χ3v) is 2.33. The molecule has 0 aromatic carbocycles. The van der Waals surface area contributed by atoms with Gasteiger partial charge in [-0.15, -0.1) is 0 Å². The predicted molar refractivity (Wildman–Crippen MR) is 60.8 cm³/mol. The number of hydrogen-bond acceptors (Lipinski definition) is 2. The van der Waals surface area contributed by atoms with Crippen LogP contribution >= 0.6 is 0 Å². The monoisotopic (exact) mass is 198 g/mol. The minimum Gasteiger partial charge on any atom is -0.261 e. The molecule has 76 valence electrons. The number of aryl methyl sites for hydroxylation is 2. The number of aromatic nitrogens is 2. The van der Waals surface area contributed by atoms with E-state index in [1.807, 2.05) is 32.3 Å². The van der Waals surface area contributed by atoms with Gasteiger partial charge < -0.3 is 0 Å². The molecule has 0 saturated carbocycles. The van der Waals surface area contributed by atoms with Crippen LogP contribution in [0.1, 0.15) is 22.5 Å². The molecule has 2 heterocycles. The molecule has 0 saturated heterocycles. The second-order valence-electron chi connectivity index (χ2n) is 3.81. The highest BCUT2D eigenvalue weighted by Crippen LogP contribution is 2.07. The first-order chi connectivity index (χ1) is 7.24. The molecule has 0 aliphatic rings. The molecule has 2 heteroatoms. The van der Waals surface area contributed by atoms with Gasteiger partial charge in [0.15, 0.2) is 0 Å². The summed E-state index contributed by atoms with van der Waals surface area (Å²) in [6.07, 6.45) is 4.67. The van der Waals surface area contributed by atoms with Crippen molar-refractivity contribution in [3.63, 3.8) is 0 Å². The van der Waals surface area contributed by atoms with Crippen LogP contribution in [0.15, 0.2) is 36.7 Å². The molecule has 2 rings (SSSR count). The number of rotatable bonds is 2. The lowest BCUT2D eigenvalue weighted by Crippen LogP contribution is -1.93. The molecule has 0 spiro atoms. The van der Waals surface area contributed by atoms with Gasteiger partial charge in [-0.25, -0.2) is 0 Å². The van der Waals surface area contributed by atoms with Gasteiger partial charge >= 0.3 is 0 Å². The van der Waals surface area contributed by atoms with Crippen molar-refractivity contribution < 1.29 is 0 Å². The largest absolute Gasteiger partial charge is 0.261 e. The first-order valence-corrected chi connectivity index (χ1v) is 5.07. The molecule has 0 bridgehead atoms. The van der Waals surface area contributed by atoms with E-state index >= 15 is 0 Å². The quantitative estimate of drug-likeness (QED) is 0.741. The Labute approximate surface area is 90.0 Å². The Bertz CT molecular complexity index is 386. The van der Waals surface area contributed by atoms with Crippen LogP contribution in [0.25, 0.3) is 0 Å². The Morgan fingerprint density at radius 3 is 2.40 bits per heavy atom. The maximum atomic E-state index is 4.37. The maximum absolute atomic E-state index is 4.37. The topological polar surface area (TPSA) is 25.8 Å². The van der Waals surface area contributed by atoms with Gasteiger partial charge in [0.1, 0.15) is 0 Å². The van der Waals surface area contributed by atoms with Crippen molar-refractivity contribution in [2.75, 3.05) is 0 Å². The van der Waals surface area contributed by atoms with E-state index in [-0.39, 0.29) is 0 Å². The Balaban J connectivity index is 2.15. The average Bonchev–Trinajstić information content (AvgIpc) is 2.25. The summed E-state index contributed by atoms with van der Waals surface area (Å²) in [5.41, 5.74) is 4.54. The zero-order chi connectivity index (χ0) is 10.7. The molecule has 15 heavy (non-hydrogen) atoms. The van der Waals surface area contributed by atoms with Crippen molar-refractivity contribution in [2.45, 2.75) is 20.3 Å². The van der Waals surface area contributed by atoms with E-state index in [2.05, 4.69) is 28.2 Å². The van der Waals surface area contributed by atoms with Gasteiger partial charge in [-0.3, -0.25) is 9.97 Å². The molecule has 2 aromatic rings. The van der Waals surface area contributed by atoms with Gasteiger partial charge in [0.05, 0.1) is 0 Å². The van der Waals surface area contributed by atoms with Crippen LogP contribution in [-0.2, 0) is 6.42 Å². The highest BCUT2D eigenvalue weighted by molar-refractivity contribution is 5.21. The van der Waals surface area contributed by atoms with Gasteiger partial charge in [0.2, 0.25) is 0 Å². The van der Waals surface area contributed by atoms with Gasteiger partial charge in [-0.1, -0.05) is 12.1 Å². The summed E-state index contributed by atoms with van der Waals surface area (Å²) in [7, 11) is 0. The first kappa shape index (κ1) is 9.84. The minimum absolute atomic E-state index is 0.855. The lowest BCUT2D eigenvalue weighted by atomic mass is 10.1. The zero-order valence-electron chi connectivity index (χ0n) is 9.07. The Kier molecular flexibility index (Phi) is 2.77. The molecule has 0 amide bonds. The summed E-state index contributed by atoms with van der Waals surface area (Å²) in [6, 6.07) is 8.28. The lowest BCUT2D eigenvalue weighted by molar-refractivity contribution is 1.04. The van der Waals surface area contributed by atoms with Crippen molar-refractivity contribution >= 4 is 0 Å². The zero-order valence-corrected chi connectivity index (χ0v) is 9.07. The predicted octanol–water partition coefficient (Wildman–Crippen LogP) is 2.68. The summed E-state index contributed by atoms with van der Waals surface area (Å²) in [6.45, 7) is 4.04. The average molecular weight is 198 g/mol. The molecule has 0 aliphatic carbocycles. The molecule has 0 atom stereocenters. The summed E-state index contributed by atoms with van der Waals surface area (Å²) < 4.78 is 0. The van der Waals surface area contributed by atoms with E-state index in [0.29, 0.717) is 0 Å². The first-order valence-electron chi connectivity index (χ1n) is 5.07. The standard InChI is InChI=1S/C13H14N2/c1-10-3-6-13(15-8-10)7-12-5-4-11(2)14-9-12/h3-6,8-9H,7H2,1-2H3. The van der Waals surface area contributed by atoms with Crippen LogP contribution in [0.5, 0.6) is 0 Å². The van der Waals surface area contributed by atoms with E-state index in [1.54, 1.807) is 0 Å². The number of nitrogens with zero attached hydrogens (tertiary/aromatic N) is 2. The van der Waals surface area contributed by atoms with Gasteiger partial charge in [-0.2, -0.15) is 0 Å². The fraction of sp³-hybridized carbons (Fsp3) is 0.231. The van der Waals surface area contributed by atoms with Crippen molar-refractivity contribution in [2.24, 2.45) is 0 Å². The van der Waals surface area contributed by atoms with Gasteiger partial charge in [-0.05, 0) is 37.1 Å². The SMILES string of the molecule is Cc1ccc(Cc2ccc(C)nc2)nc1. The molecule has 2 nitrogen and oxygen atoms in total. The molecule has 0 unspecified atom stereocenters. The number of pyridine rings is 2. The third kappa shape index (κ3) is 2.62. The van der Waals surface area contributed by atoms with Crippen LogP contribution in [0.2, 0.25) is 0 Å². The normalized spacial score (nSPS) is 10.3. The Morgan fingerprint density at radius 2 is 1.80 bits per heavy atom. The summed E-state index contributed by atoms with van der Waals surface area (Å²) in [5.74, 6) is 0. The van der Waals surface area contributed by atoms with Crippen molar-refractivity contribution in [1.82, 2.24) is 9.97 Å². The molecule has 0 aliphatic heterocycles. The van der Waals surface area contributed by atoms with Crippen molar-refractivity contribution in [3.8, 4) is 0 Å². The molecule has 0 fully saturated rings. The van der Waals surface area contributed by atoms with Gasteiger partial charge in [0.25, 0.3) is 0 Å². The van der Waals surface area contributed by atoms with E-state index in [1.165, 1.54) is 11.1 Å². The molecule has 0 radical (unpaired) electrons. The molecular weight excluding hydrogens is 184 g/mol. The highest BCUT2D eigenvalue weighted by Gasteiger charge is 1.97. The fourth-order valence-electron chi connectivity index (χ4n) is 1.42. The van der Waals surface area contributed by atoms with Gasteiger partial charge in [0, 0.05) is 30.2 Å². The summed E-state index contributed by atoms with van der Waals surface area (Å²) in [4.78, 5) is 8.63.